The van der Waals surface area contributed by atoms with Crippen molar-refractivity contribution >= 4 is 17.7 Å². The molecule has 3 nitrogen and oxygen atoms in total. The van der Waals surface area contributed by atoms with Crippen LogP contribution in [0.2, 0.25) is 0 Å². The number of nitrogens with one attached hydrogen (secondary N) is 1. The first-order valence-electron chi connectivity index (χ1n) is 4.25. The Morgan fingerprint density at radius 3 is 3.00 bits per heavy atom. The molecule has 0 aromatic heterocycles. The van der Waals surface area contributed by atoms with Crippen LogP contribution in [0.15, 0.2) is 0 Å². The van der Waals surface area contributed by atoms with Crippen molar-refractivity contribution < 1.29 is 4.79 Å². The van der Waals surface area contributed by atoms with E-state index in [0.29, 0.717) is 11.8 Å². The maximum Gasteiger partial charge on any atom is 0.237 e. The van der Waals surface area contributed by atoms with Crippen LogP contribution in [-0.4, -0.2) is 42.1 Å². The third-order valence-corrected chi connectivity index (χ3v) is 3.18. The van der Waals surface area contributed by atoms with E-state index < -0.39 is 0 Å². The third-order valence-electron chi connectivity index (χ3n) is 2.14. The predicted octanol–water partition coefficient (Wildman–Crippen LogP) is 0.517. The summed E-state index contributed by atoms with van der Waals surface area (Å²) in [5.74, 6) is 0.239. The number of amides is 1. The fourth-order valence-corrected chi connectivity index (χ4v) is 1.50. The molecule has 1 unspecified atom stereocenters. The molecule has 0 aromatic rings. The van der Waals surface area contributed by atoms with Crippen LogP contribution >= 0.6 is 11.8 Å². The lowest BCUT2D eigenvalue weighted by Crippen LogP contribution is -2.28. The van der Waals surface area contributed by atoms with Gasteiger partial charge in [0.05, 0.1) is 13.2 Å². The lowest BCUT2D eigenvalue weighted by atomic mass is 10.3. The second kappa shape index (κ2) is 4.72. The van der Waals surface area contributed by atoms with Crippen molar-refractivity contribution in [1.82, 2.24) is 10.2 Å². The third kappa shape index (κ3) is 2.68. The van der Waals surface area contributed by atoms with Crippen molar-refractivity contribution in [1.29, 1.82) is 0 Å². The molecule has 1 saturated heterocycles. The van der Waals surface area contributed by atoms with Gasteiger partial charge in [-0.3, -0.25) is 10.1 Å². The summed E-state index contributed by atoms with van der Waals surface area (Å²) < 4.78 is 0. The summed E-state index contributed by atoms with van der Waals surface area (Å²) in [5.41, 5.74) is 0. The van der Waals surface area contributed by atoms with E-state index in [2.05, 4.69) is 18.5 Å². The van der Waals surface area contributed by atoms with Crippen molar-refractivity contribution in [3.63, 3.8) is 0 Å². The average Bonchev–Trinajstić information content (AvgIpc) is 2.47. The van der Waals surface area contributed by atoms with Crippen LogP contribution in [0.25, 0.3) is 0 Å². The monoisotopic (exact) mass is 188 g/mol. The second-order valence-corrected chi connectivity index (χ2v) is 4.35. The van der Waals surface area contributed by atoms with Crippen molar-refractivity contribution in [3.05, 3.63) is 0 Å². The summed E-state index contributed by atoms with van der Waals surface area (Å²) in [6, 6.07) is 0. The summed E-state index contributed by atoms with van der Waals surface area (Å²) in [5, 5.41) is 3.68. The molecule has 0 saturated carbocycles. The molecule has 0 bridgehead atoms. The lowest BCUT2D eigenvalue weighted by molar-refractivity contribution is -0.126. The lowest BCUT2D eigenvalue weighted by Gasteiger charge is -2.16. The molecule has 1 fully saturated rings. The van der Waals surface area contributed by atoms with Gasteiger partial charge in [0, 0.05) is 11.8 Å². The highest BCUT2D eigenvalue weighted by Gasteiger charge is 2.19. The first-order chi connectivity index (χ1) is 5.74. The largest absolute Gasteiger partial charge is 0.329 e. The summed E-state index contributed by atoms with van der Waals surface area (Å²) in [6.45, 7) is 4.35. The van der Waals surface area contributed by atoms with Crippen LogP contribution in [0.1, 0.15) is 13.3 Å². The molecule has 1 aliphatic heterocycles. The Labute approximate surface area is 77.9 Å². The molecule has 1 heterocycles. The smallest absolute Gasteiger partial charge is 0.237 e. The number of thioether (sulfide) groups is 1. The fourth-order valence-electron chi connectivity index (χ4n) is 1.16. The van der Waals surface area contributed by atoms with Crippen LogP contribution in [0.5, 0.6) is 0 Å². The molecule has 0 radical (unpaired) electrons. The van der Waals surface area contributed by atoms with Gasteiger partial charge in [-0.2, -0.15) is 11.8 Å². The molecule has 70 valence electrons. The maximum atomic E-state index is 11.1. The minimum Gasteiger partial charge on any atom is -0.329 e. The van der Waals surface area contributed by atoms with Crippen molar-refractivity contribution in [2.45, 2.75) is 18.6 Å². The van der Waals surface area contributed by atoms with Crippen LogP contribution < -0.4 is 5.32 Å². The minimum atomic E-state index is 0.239. The normalized spacial score (nSPS) is 20.2. The van der Waals surface area contributed by atoms with Crippen LogP contribution in [0, 0.1) is 0 Å². The number of rotatable bonds is 4. The highest BCUT2D eigenvalue weighted by molar-refractivity contribution is 7.99. The molecule has 1 aliphatic rings. The summed E-state index contributed by atoms with van der Waals surface area (Å²) in [7, 11) is 0. The Kier molecular flexibility index (Phi) is 3.88. The van der Waals surface area contributed by atoms with E-state index >= 15 is 0 Å². The van der Waals surface area contributed by atoms with E-state index in [-0.39, 0.29) is 5.91 Å². The van der Waals surface area contributed by atoms with Gasteiger partial charge in [-0.05, 0) is 12.7 Å². The topological polar surface area (TPSA) is 32.3 Å². The number of hydrogen-bond donors (Lipinski definition) is 1. The fraction of sp³-hybridized carbons (Fsp3) is 0.875. The summed E-state index contributed by atoms with van der Waals surface area (Å²) >= 11 is 1.85. The van der Waals surface area contributed by atoms with E-state index in [1.165, 1.54) is 0 Å². The highest BCUT2D eigenvalue weighted by atomic mass is 32.2. The summed E-state index contributed by atoms with van der Waals surface area (Å²) in [6.07, 6.45) is 3.20. The van der Waals surface area contributed by atoms with Crippen molar-refractivity contribution in [2.75, 3.05) is 26.0 Å². The van der Waals surface area contributed by atoms with E-state index in [1.807, 2.05) is 16.7 Å². The number of nitrogens with zero attached hydrogens (tertiary/aromatic N) is 1. The van der Waals surface area contributed by atoms with Crippen LogP contribution in [0.3, 0.4) is 0 Å². The maximum absolute atomic E-state index is 11.1. The average molecular weight is 188 g/mol. The zero-order valence-electron chi connectivity index (χ0n) is 7.67. The first kappa shape index (κ1) is 9.86. The molecule has 0 spiro atoms. The molecular formula is C8H16N2OS. The Hall–Kier alpha value is -0.220. The molecular weight excluding hydrogens is 172 g/mol. The quantitative estimate of drug-likeness (QED) is 0.698. The van der Waals surface area contributed by atoms with Gasteiger partial charge in [-0.15, -0.1) is 0 Å². The number of hydrogen-bond acceptors (Lipinski definition) is 3. The molecule has 1 rings (SSSR count). The highest BCUT2D eigenvalue weighted by Crippen LogP contribution is 2.10. The summed E-state index contributed by atoms with van der Waals surface area (Å²) in [4.78, 5) is 13.0. The Morgan fingerprint density at radius 1 is 1.75 bits per heavy atom. The van der Waals surface area contributed by atoms with Gasteiger partial charge in [0.2, 0.25) is 5.91 Å². The van der Waals surface area contributed by atoms with Crippen LogP contribution in [-0.2, 0) is 4.79 Å². The van der Waals surface area contributed by atoms with Crippen molar-refractivity contribution in [3.8, 4) is 0 Å². The van der Waals surface area contributed by atoms with E-state index in [4.69, 9.17) is 0 Å². The predicted molar refractivity (Wildman–Crippen MR) is 52.2 cm³/mol. The van der Waals surface area contributed by atoms with Crippen molar-refractivity contribution in [2.24, 2.45) is 0 Å². The molecule has 0 aromatic carbocycles. The Morgan fingerprint density at radius 2 is 2.50 bits per heavy atom. The van der Waals surface area contributed by atoms with Gasteiger partial charge >= 0.3 is 0 Å². The molecule has 1 atom stereocenters. The molecule has 12 heavy (non-hydrogen) atoms. The second-order valence-electron chi connectivity index (χ2n) is 3.08. The number of carbonyl (C=O) groups excluding carboxylic acids is 1. The van der Waals surface area contributed by atoms with E-state index in [1.54, 1.807) is 0 Å². The first-order valence-corrected chi connectivity index (χ1v) is 5.54. The van der Waals surface area contributed by atoms with Gasteiger partial charge in [0.25, 0.3) is 0 Å². The SMILES string of the molecule is CSC(C)CCN1CNCC1=O. The molecule has 4 heteroatoms. The van der Waals surface area contributed by atoms with E-state index in [9.17, 15) is 4.79 Å². The Bertz CT molecular complexity index is 163. The molecule has 1 amide bonds. The zero-order valence-corrected chi connectivity index (χ0v) is 8.49. The van der Waals surface area contributed by atoms with Gasteiger partial charge in [-0.1, -0.05) is 6.92 Å². The standard InChI is InChI=1S/C8H16N2OS/c1-7(12-2)3-4-10-6-9-5-8(10)11/h7,9H,3-6H2,1-2H3. The minimum absolute atomic E-state index is 0.239. The number of carbonyl (C=O) groups is 1. The molecule has 1 N–H and O–H groups in total. The van der Waals surface area contributed by atoms with Gasteiger partial charge in [0.15, 0.2) is 0 Å². The van der Waals surface area contributed by atoms with Gasteiger partial charge < -0.3 is 4.90 Å². The van der Waals surface area contributed by atoms with Crippen LogP contribution in [0.4, 0.5) is 0 Å². The zero-order chi connectivity index (χ0) is 8.97. The molecule has 0 aliphatic carbocycles. The Balaban J connectivity index is 2.18. The van der Waals surface area contributed by atoms with E-state index in [0.717, 1.165) is 19.6 Å². The van der Waals surface area contributed by atoms with Gasteiger partial charge in [0.1, 0.15) is 0 Å². The van der Waals surface area contributed by atoms with Gasteiger partial charge in [-0.25, -0.2) is 0 Å².